The molecule has 0 fully saturated rings. The summed E-state index contributed by atoms with van der Waals surface area (Å²) in [4.78, 5) is 2.28. The second-order valence-corrected chi connectivity index (χ2v) is 6.18. The maximum atomic E-state index is 13.9. The van der Waals surface area contributed by atoms with Crippen molar-refractivity contribution >= 4 is 34.5 Å². The van der Waals surface area contributed by atoms with E-state index in [2.05, 4.69) is 0 Å². The van der Waals surface area contributed by atoms with Crippen LogP contribution in [0, 0.1) is 19.7 Å². The van der Waals surface area contributed by atoms with E-state index in [1.54, 1.807) is 23.5 Å². The molecule has 0 amide bonds. The Bertz CT molecular complexity index is 548. The van der Waals surface area contributed by atoms with Gasteiger partial charge in [0.25, 0.3) is 0 Å². The zero-order valence-corrected chi connectivity index (χ0v) is 11.8. The van der Waals surface area contributed by atoms with E-state index in [0.717, 1.165) is 10.4 Å². The standard InChI is InChI=1S/C13H11Cl2FS/c1-7-6-10(8(2)17-7)12(15)9-4-3-5-11(14)13(9)16/h3-6,12H,1-2H3. The van der Waals surface area contributed by atoms with Crippen molar-refractivity contribution in [3.63, 3.8) is 0 Å². The fraction of sp³-hybridized carbons (Fsp3) is 0.231. The van der Waals surface area contributed by atoms with Crippen molar-refractivity contribution in [1.29, 1.82) is 0 Å². The number of benzene rings is 1. The molecule has 0 aliphatic rings. The summed E-state index contributed by atoms with van der Waals surface area (Å²) in [5.74, 6) is -0.433. The Labute approximate surface area is 114 Å². The Kier molecular flexibility index (Phi) is 3.76. The highest BCUT2D eigenvalue weighted by Gasteiger charge is 2.19. The van der Waals surface area contributed by atoms with E-state index in [1.165, 1.54) is 10.9 Å². The van der Waals surface area contributed by atoms with Gasteiger partial charge >= 0.3 is 0 Å². The third-order valence-electron chi connectivity index (χ3n) is 2.61. The third kappa shape index (κ3) is 2.49. The van der Waals surface area contributed by atoms with Crippen LogP contribution < -0.4 is 0 Å². The second-order valence-electron chi connectivity index (χ2n) is 3.87. The molecule has 0 saturated carbocycles. The van der Waals surface area contributed by atoms with Crippen LogP contribution in [0.4, 0.5) is 4.39 Å². The summed E-state index contributed by atoms with van der Waals surface area (Å²) in [6, 6.07) is 6.91. The zero-order valence-electron chi connectivity index (χ0n) is 9.43. The number of hydrogen-bond donors (Lipinski definition) is 0. The smallest absolute Gasteiger partial charge is 0.146 e. The van der Waals surface area contributed by atoms with Gasteiger partial charge in [-0.2, -0.15) is 0 Å². The molecule has 1 atom stereocenters. The van der Waals surface area contributed by atoms with Crippen LogP contribution >= 0.6 is 34.5 Å². The maximum Gasteiger partial charge on any atom is 0.146 e. The van der Waals surface area contributed by atoms with Crippen LogP contribution in [0.15, 0.2) is 24.3 Å². The molecule has 0 spiro atoms. The lowest BCUT2D eigenvalue weighted by molar-refractivity contribution is 0.613. The number of aryl methyl sites for hydroxylation is 2. The fourth-order valence-corrected chi connectivity index (χ4v) is 3.39. The van der Waals surface area contributed by atoms with Crippen LogP contribution in [-0.4, -0.2) is 0 Å². The molecule has 1 heterocycles. The summed E-state index contributed by atoms with van der Waals surface area (Å²) in [5, 5.41) is -0.378. The maximum absolute atomic E-state index is 13.9. The van der Waals surface area contributed by atoms with Crippen molar-refractivity contribution in [3.8, 4) is 0 Å². The molecule has 17 heavy (non-hydrogen) atoms. The average molecular weight is 289 g/mol. The Morgan fingerprint density at radius 1 is 1.24 bits per heavy atom. The first-order valence-corrected chi connectivity index (χ1v) is 6.78. The molecule has 90 valence electrons. The van der Waals surface area contributed by atoms with Crippen molar-refractivity contribution in [1.82, 2.24) is 0 Å². The zero-order chi connectivity index (χ0) is 12.6. The van der Waals surface area contributed by atoms with Gasteiger partial charge in [0.1, 0.15) is 5.82 Å². The van der Waals surface area contributed by atoms with Crippen molar-refractivity contribution < 1.29 is 4.39 Å². The molecular formula is C13H11Cl2FS. The number of rotatable bonds is 2. The van der Waals surface area contributed by atoms with Crippen LogP contribution in [0.5, 0.6) is 0 Å². The van der Waals surface area contributed by atoms with Gasteiger partial charge in [0.2, 0.25) is 0 Å². The Morgan fingerprint density at radius 3 is 2.53 bits per heavy atom. The minimum absolute atomic E-state index is 0.109. The van der Waals surface area contributed by atoms with Crippen LogP contribution in [0.2, 0.25) is 5.02 Å². The summed E-state index contributed by atoms with van der Waals surface area (Å²) in [6.07, 6.45) is 0. The van der Waals surface area contributed by atoms with Crippen molar-refractivity contribution in [2.75, 3.05) is 0 Å². The van der Waals surface area contributed by atoms with E-state index in [4.69, 9.17) is 23.2 Å². The number of halogens is 3. The Balaban J connectivity index is 2.47. The lowest BCUT2D eigenvalue weighted by Crippen LogP contribution is -1.97. The molecule has 0 radical (unpaired) electrons. The monoisotopic (exact) mass is 288 g/mol. The minimum atomic E-state index is -0.487. The van der Waals surface area contributed by atoms with E-state index in [0.29, 0.717) is 5.56 Å². The third-order valence-corrected chi connectivity index (χ3v) is 4.35. The SMILES string of the molecule is Cc1cc(C(Cl)c2cccc(Cl)c2F)c(C)s1. The molecule has 0 N–H and O–H groups in total. The lowest BCUT2D eigenvalue weighted by Gasteiger charge is -2.11. The Morgan fingerprint density at radius 2 is 1.94 bits per heavy atom. The first kappa shape index (κ1) is 12.9. The highest BCUT2D eigenvalue weighted by molar-refractivity contribution is 7.12. The number of thiophene rings is 1. The number of hydrogen-bond acceptors (Lipinski definition) is 1. The van der Waals surface area contributed by atoms with E-state index in [9.17, 15) is 4.39 Å². The predicted molar refractivity (Wildman–Crippen MR) is 72.9 cm³/mol. The average Bonchev–Trinajstić information content (AvgIpc) is 2.61. The molecule has 1 aromatic heterocycles. The van der Waals surface area contributed by atoms with Crippen molar-refractivity contribution in [3.05, 3.63) is 56.0 Å². The molecule has 2 rings (SSSR count). The molecule has 0 aliphatic carbocycles. The first-order valence-electron chi connectivity index (χ1n) is 5.15. The van der Waals surface area contributed by atoms with E-state index < -0.39 is 11.2 Å². The van der Waals surface area contributed by atoms with Gasteiger partial charge in [-0.05, 0) is 31.5 Å². The van der Waals surface area contributed by atoms with E-state index in [-0.39, 0.29) is 5.02 Å². The van der Waals surface area contributed by atoms with E-state index >= 15 is 0 Å². The molecule has 1 aromatic carbocycles. The van der Waals surface area contributed by atoms with Gasteiger partial charge in [0.15, 0.2) is 0 Å². The van der Waals surface area contributed by atoms with Crippen LogP contribution in [0.1, 0.15) is 26.3 Å². The summed E-state index contributed by atoms with van der Waals surface area (Å²) in [5.41, 5.74) is 1.38. The Hall–Kier alpha value is -0.570. The second kappa shape index (κ2) is 4.97. The van der Waals surface area contributed by atoms with Gasteiger partial charge in [-0.15, -0.1) is 22.9 Å². The molecule has 1 unspecified atom stereocenters. The quantitative estimate of drug-likeness (QED) is 0.642. The highest BCUT2D eigenvalue weighted by atomic mass is 35.5. The molecule has 0 saturated heterocycles. The largest absolute Gasteiger partial charge is 0.205 e. The van der Waals surface area contributed by atoms with Gasteiger partial charge in [0, 0.05) is 15.3 Å². The molecule has 0 nitrogen and oxygen atoms in total. The van der Waals surface area contributed by atoms with Crippen molar-refractivity contribution in [2.45, 2.75) is 19.2 Å². The fourth-order valence-electron chi connectivity index (χ4n) is 1.79. The van der Waals surface area contributed by atoms with Crippen LogP contribution in [-0.2, 0) is 0 Å². The molecule has 0 aliphatic heterocycles. The van der Waals surface area contributed by atoms with Gasteiger partial charge in [-0.25, -0.2) is 4.39 Å². The normalized spacial score (nSPS) is 12.8. The summed E-state index contributed by atoms with van der Waals surface area (Å²) in [6.45, 7) is 4.00. The topological polar surface area (TPSA) is 0 Å². The van der Waals surface area contributed by atoms with E-state index in [1.807, 2.05) is 19.9 Å². The molecule has 2 aromatic rings. The van der Waals surface area contributed by atoms with Gasteiger partial charge in [-0.3, -0.25) is 0 Å². The predicted octanol–water partition coefficient (Wildman–Crippen LogP) is 5.49. The highest BCUT2D eigenvalue weighted by Crippen LogP contribution is 2.37. The number of alkyl halides is 1. The first-order chi connectivity index (χ1) is 8.00. The molecule has 0 bridgehead atoms. The molecule has 4 heteroatoms. The van der Waals surface area contributed by atoms with Crippen LogP contribution in [0.25, 0.3) is 0 Å². The van der Waals surface area contributed by atoms with Gasteiger partial charge in [0.05, 0.1) is 10.4 Å². The molecular weight excluding hydrogens is 278 g/mol. The summed E-state index contributed by atoms with van der Waals surface area (Å²) in [7, 11) is 0. The summed E-state index contributed by atoms with van der Waals surface area (Å²) >= 11 is 13.8. The summed E-state index contributed by atoms with van der Waals surface area (Å²) < 4.78 is 13.9. The minimum Gasteiger partial charge on any atom is -0.205 e. The van der Waals surface area contributed by atoms with Gasteiger partial charge < -0.3 is 0 Å². The van der Waals surface area contributed by atoms with Gasteiger partial charge in [-0.1, -0.05) is 23.7 Å². The van der Waals surface area contributed by atoms with Crippen LogP contribution in [0.3, 0.4) is 0 Å². The lowest BCUT2D eigenvalue weighted by atomic mass is 10.0. The van der Waals surface area contributed by atoms with Crippen molar-refractivity contribution in [2.24, 2.45) is 0 Å².